The van der Waals surface area contributed by atoms with Crippen LogP contribution >= 0.6 is 11.8 Å². The number of benzene rings is 2. The lowest BCUT2D eigenvalue weighted by molar-refractivity contribution is -0.136. The number of rotatable bonds is 5. The maximum Gasteiger partial charge on any atom is 0.307 e. The van der Waals surface area contributed by atoms with Gasteiger partial charge in [-0.25, -0.2) is 0 Å². The van der Waals surface area contributed by atoms with E-state index in [4.69, 9.17) is 9.84 Å². The number of hydrogen-bond acceptors (Lipinski definition) is 4. The fraction of sp³-hybridized carbons (Fsp3) is 0.133. The van der Waals surface area contributed by atoms with Crippen LogP contribution in [0, 0.1) is 0 Å². The molecule has 0 aliphatic rings. The van der Waals surface area contributed by atoms with E-state index in [2.05, 4.69) is 0 Å². The van der Waals surface area contributed by atoms with Crippen molar-refractivity contribution < 1.29 is 19.7 Å². The van der Waals surface area contributed by atoms with Crippen molar-refractivity contribution >= 4 is 17.7 Å². The van der Waals surface area contributed by atoms with Crippen molar-refractivity contribution in [1.29, 1.82) is 0 Å². The van der Waals surface area contributed by atoms with Gasteiger partial charge in [-0.2, -0.15) is 0 Å². The Morgan fingerprint density at radius 3 is 2.50 bits per heavy atom. The molecule has 0 heterocycles. The summed E-state index contributed by atoms with van der Waals surface area (Å²) in [6.45, 7) is 0. The average molecular weight is 290 g/mol. The predicted octanol–water partition coefficient (Wildman–Crippen LogP) is 3.18. The number of aliphatic carboxylic acids is 1. The number of carbonyl (C=O) groups is 1. The van der Waals surface area contributed by atoms with Gasteiger partial charge in [0.2, 0.25) is 0 Å². The summed E-state index contributed by atoms with van der Waals surface area (Å²) in [4.78, 5) is 12.7. The minimum atomic E-state index is -0.924. The molecule has 0 aliphatic heterocycles. The maximum absolute atomic E-state index is 10.9. The molecule has 0 saturated carbocycles. The number of aromatic hydroxyl groups is 1. The van der Waals surface area contributed by atoms with Crippen molar-refractivity contribution in [3.63, 3.8) is 0 Å². The van der Waals surface area contributed by atoms with Gasteiger partial charge in [-0.05, 0) is 48.0 Å². The number of carboxylic acids is 1. The number of phenolic OH excluding ortho intramolecular Hbond substituents is 1. The molecule has 0 atom stereocenters. The summed E-state index contributed by atoms with van der Waals surface area (Å²) in [5, 5.41) is 18.4. The van der Waals surface area contributed by atoms with Gasteiger partial charge in [0, 0.05) is 9.79 Å². The molecule has 0 aromatic heterocycles. The van der Waals surface area contributed by atoms with E-state index in [1.54, 1.807) is 19.2 Å². The monoisotopic (exact) mass is 290 g/mol. The Morgan fingerprint density at radius 1 is 1.20 bits per heavy atom. The molecular weight excluding hydrogens is 276 g/mol. The molecule has 2 N–H and O–H groups in total. The summed E-state index contributed by atoms with van der Waals surface area (Å²) in [7, 11) is 1.60. The van der Waals surface area contributed by atoms with Crippen LogP contribution in [0.5, 0.6) is 11.5 Å². The first-order chi connectivity index (χ1) is 9.58. The van der Waals surface area contributed by atoms with Crippen molar-refractivity contribution in [3.05, 3.63) is 48.0 Å². The van der Waals surface area contributed by atoms with E-state index in [1.807, 2.05) is 24.3 Å². The van der Waals surface area contributed by atoms with Crippen molar-refractivity contribution in [2.45, 2.75) is 16.2 Å². The van der Waals surface area contributed by atoms with Gasteiger partial charge in [0.25, 0.3) is 0 Å². The number of carboxylic acid groups (broad SMARTS) is 1. The van der Waals surface area contributed by atoms with Crippen molar-refractivity contribution in [2.24, 2.45) is 0 Å². The molecule has 0 saturated heterocycles. The predicted molar refractivity (Wildman–Crippen MR) is 76.6 cm³/mol. The molecule has 5 heteroatoms. The van der Waals surface area contributed by atoms with Crippen LogP contribution in [0.1, 0.15) is 5.56 Å². The third-order valence-corrected chi connectivity index (χ3v) is 3.80. The van der Waals surface area contributed by atoms with E-state index in [9.17, 15) is 9.90 Å². The standard InChI is InChI=1S/C15H14O4S/c1-19-12-3-5-13(6-4-12)20-14-7-2-11(16)8-10(14)9-15(17)18/h2-8,16H,9H2,1H3,(H,17,18). The largest absolute Gasteiger partial charge is 0.508 e. The molecule has 0 spiro atoms. The molecular formula is C15H14O4S. The van der Waals surface area contributed by atoms with E-state index in [1.165, 1.54) is 17.8 Å². The summed E-state index contributed by atoms with van der Waals surface area (Å²) in [6.07, 6.45) is -0.118. The van der Waals surface area contributed by atoms with Gasteiger partial charge in [-0.15, -0.1) is 0 Å². The van der Waals surface area contributed by atoms with E-state index < -0.39 is 5.97 Å². The highest BCUT2D eigenvalue weighted by atomic mass is 32.2. The Labute approximate surface area is 121 Å². The topological polar surface area (TPSA) is 66.8 Å². The lowest BCUT2D eigenvalue weighted by atomic mass is 10.1. The fourth-order valence-electron chi connectivity index (χ4n) is 1.74. The Bertz CT molecular complexity index is 608. The number of hydrogen-bond donors (Lipinski definition) is 2. The van der Waals surface area contributed by atoms with E-state index >= 15 is 0 Å². The van der Waals surface area contributed by atoms with Crippen LogP contribution in [0.25, 0.3) is 0 Å². The number of methoxy groups -OCH3 is 1. The summed E-state index contributed by atoms with van der Waals surface area (Å²) in [5.41, 5.74) is 0.596. The summed E-state index contributed by atoms with van der Waals surface area (Å²) < 4.78 is 5.09. The van der Waals surface area contributed by atoms with Crippen LogP contribution in [0.15, 0.2) is 52.3 Å². The van der Waals surface area contributed by atoms with Crippen molar-refractivity contribution in [1.82, 2.24) is 0 Å². The van der Waals surface area contributed by atoms with Gasteiger partial charge >= 0.3 is 5.97 Å². The molecule has 4 nitrogen and oxygen atoms in total. The van der Waals surface area contributed by atoms with Crippen LogP contribution in [0.2, 0.25) is 0 Å². The second kappa shape index (κ2) is 6.34. The van der Waals surface area contributed by atoms with Crippen molar-refractivity contribution in [2.75, 3.05) is 7.11 Å². The van der Waals surface area contributed by atoms with Crippen molar-refractivity contribution in [3.8, 4) is 11.5 Å². The molecule has 0 radical (unpaired) electrons. The molecule has 0 aliphatic carbocycles. The highest BCUT2D eigenvalue weighted by molar-refractivity contribution is 7.99. The SMILES string of the molecule is COc1ccc(Sc2ccc(O)cc2CC(=O)O)cc1. The van der Waals surface area contributed by atoms with Crippen LogP contribution in [-0.4, -0.2) is 23.3 Å². The van der Waals surface area contributed by atoms with Crippen LogP contribution < -0.4 is 4.74 Å². The van der Waals surface area contributed by atoms with Crippen LogP contribution in [0.3, 0.4) is 0 Å². The number of ether oxygens (including phenoxy) is 1. The van der Waals surface area contributed by atoms with E-state index in [-0.39, 0.29) is 12.2 Å². The first-order valence-corrected chi connectivity index (χ1v) is 6.75. The Morgan fingerprint density at radius 2 is 1.90 bits per heavy atom. The maximum atomic E-state index is 10.9. The summed E-state index contributed by atoms with van der Waals surface area (Å²) in [6, 6.07) is 12.3. The third kappa shape index (κ3) is 3.68. The van der Waals surface area contributed by atoms with Gasteiger partial charge in [0.1, 0.15) is 11.5 Å². The summed E-state index contributed by atoms with van der Waals surface area (Å²) >= 11 is 1.45. The lowest BCUT2D eigenvalue weighted by Gasteiger charge is -2.08. The van der Waals surface area contributed by atoms with Gasteiger partial charge < -0.3 is 14.9 Å². The number of phenols is 1. The zero-order valence-corrected chi connectivity index (χ0v) is 11.7. The van der Waals surface area contributed by atoms with Crippen LogP contribution in [0.4, 0.5) is 0 Å². The smallest absolute Gasteiger partial charge is 0.307 e. The fourth-order valence-corrected chi connectivity index (χ4v) is 2.66. The first kappa shape index (κ1) is 14.3. The molecule has 0 bridgehead atoms. The normalized spacial score (nSPS) is 10.2. The zero-order valence-electron chi connectivity index (χ0n) is 10.9. The van der Waals surface area contributed by atoms with Gasteiger partial charge in [0.15, 0.2) is 0 Å². The first-order valence-electron chi connectivity index (χ1n) is 5.94. The molecule has 104 valence electrons. The molecule has 2 aromatic rings. The molecule has 0 unspecified atom stereocenters. The Kier molecular flexibility index (Phi) is 4.53. The lowest BCUT2D eigenvalue weighted by Crippen LogP contribution is -2.01. The average Bonchev–Trinajstić information content (AvgIpc) is 2.42. The molecule has 2 rings (SSSR count). The Hall–Kier alpha value is -2.14. The third-order valence-electron chi connectivity index (χ3n) is 2.67. The van der Waals surface area contributed by atoms with Crippen LogP contribution in [-0.2, 0) is 11.2 Å². The molecule has 0 fully saturated rings. The van der Waals surface area contributed by atoms with Gasteiger partial charge in [0.05, 0.1) is 13.5 Å². The molecule has 2 aromatic carbocycles. The molecule has 0 amide bonds. The van der Waals surface area contributed by atoms with Gasteiger partial charge in [-0.1, -0.05) is 11.8 Å². The van der Waals surface area contributed by atoms with E-state index in [0.717, 1.165) is 15.5 Å². The zero-order chi connectivity index (χ0) is 14.5. The minimum Gasteiger partial charge on any atom is -0.508 e. The highest BCUT2D eigenvalue weighted by Crippen LogP contribution is 2.33. The quantitative estimate of drug-likeness (QED) is 0.885. The van der Waals surface area contributed by atoms with E-state index in [0.29, 0.717) is 5.56 Å². The minimum absolute atomic E-state index is 0.0698. The highest BCUT2D eigenvalue weighted by Gasteiger charge is 2.09. The van der Waals surface area contributed by atoms with Gasteiger partial charge in [-0.3, -0.25) is 4.79 Å². The Balaban J connectivity index is 2.25. The summed E-state index contributed by atoms with van der Waals surface area (Å²) in [5.74, 6) is -0.0849. The second-order valence-electron chi connectivity index (χ2n) is 4.14. The second-order valence-corrected chi connectivity index (χ2v) is 5.26. The molecule has 20 heavy (non-hydrogen) atoms.